The number of para-hydroxylation sites is 1. The van der Waals surface area contributed by atoms with Gasteiger partial charge in [0, 0.05) is 22.4 Å². The first kappa shape index (κ1) is 14.2. The molecular formula is C6H8AgN4O3S. The quantitative estimate of drug-likeness (QED) is 0.513. The van der Waals surface area contributed by atoms with Crippen molar-refractivity contribution < 1.29 is 35.4 Å². The third-order valence-electron chi connectivity index (χ3n) is 1.59. The average molecular weight is 324 g/mol. The molecule has 9 heteroatoms. The first-order valence-electron chi connectivity index (χ1n) is 3.36. The van der Waals surface area contributed by atoms with E-state index in [1.54, 1.807) is 6.07 Å². The zero-order chi connectivity index (χ0) is 9.47. The van der Waals surface area contributed by atoms with Crippen LogP contribution in [0.4, 0.5) is 0 Å². The molecule has 7 nitrogen and oxygen atoms in total. The van der Waals surface area contributed by atoms with Crippen molar-refractivity contribution in [3.8, 4) is 0 Å². The summed E-state index contributed by atoms with van der Waals surface area (Å²) >= 11 is 0. The van der Waals surface area contributed by atoms with Gasteiger partial charge in [-0.05, 0) is 12.1 Å². The van der Waals surface area contributed by atoms with Gasteiger partial charge in [-0.1, -0.05) is 6.07 Å². The molecule has 15 heavy (non-hydrogen) atoms. The van der Waals surface area contributed by atoms with Crippen LogP contribution >= 0.6 is 0 Å². The van der Waals surface area contributed by atoms with Gasteiger partial charge < -0.3 is 6.15 Å². The van der Waals surface area contributed by atoms with Crippen LogP contribution in [0.1, 0.15) is 0 Å². The van der Waals surface area contributed by atoms with Gasteiger partial charge in [-0.2, -0.15) is 23.8 Å². The molecule has 1 radical (unpaired) electrons. The van der Waals surface area contributed by atoms with Crippen molar-refractivity contribution in [2.24, 2.45) is 0 Å². The van der Waals surface area contributed by atoms with Crippen molar-refractivity contribution in [1.29, 1.82) is 0 Å². The maximum absolute atomic E-state index is 10.8. The number of benzene rings is 1. The van der Waals surface area contributed by atoms with Crippen LogP contribution in [0.25, 0.3) is 11.0 Å². The Hall–Kier alpha value is -0.770. The minimum Gasteiger partial charge on any atom is -0.344 e. The molecule has 0 unspecified atom stereocenters. The van der Waals surface area contributed by atoms with Gasteiger partial charge in [-0.25, -0.2) is 0 Å². The molecule has 1 heterocycles. The summed E-state index contributed by atoms with van der Waals surface area (Å²) in [6, 6.07) is 4.33. The van der Waals surface area contributed by atoms with E-state index < -0.39 is 10.1 Å². The summed E-state index contributed by atoms with van der Waals surface area (Å²) < 4.78 is 30.4. The topological polar surface area (TPSA) is 131 Å². The number of hydrogen-bond acceptors (Lipinski definition) is 5. The van der Waals surface area contributed by atoms with Gasteiger partial charge in [0.25, 0.3) is 10.1 Å². The predicted octanol–water partition coefficient (Wildman–Crippen LogP) is 0.364. The summed E-state index contributed by atoms with van der Waals surface area (Å²) in [4.78, 5) is -0.237. The monoisotopic (exact) mass is 323 g/mol. The fourth-order valence-electron chi connectivity index (χ4n) is 1.05. The Morgan fingerprint density at radius 1 is 1.27 bits per heavy atom. The van der Waals surface area contributed by atoms with Crippen LogP contribution < -0.4 is 6.15 Å². The molecule has 0 aliphatic heterocycles. The Bertz CT molecular complexity index is 552. The Morgan fingerprint density at radius 3 is 2.53 bits per heavy atom. The van der Waals surface area contributed by atoms with Crippen molar-refractivity contribution in [1.82, 2.24) is 21.6 Å². The first-order valence-corrected chi connectivity index (χ1v) is 4.80. The molecule has 0 bridgehead atoms. The minimum absolute atomic E-state index is 0. The molecule has 0 atom stereocenters. The molecular weight excluding hydrogens is 316 g/mol. The number of nitrogens with one attached hydrogen (secondary N) is 1. The second-order valence-electron chi connectivity index (χ2n) is 2.42. The van der Waals surface area contributed by atoms with Crippen LogP contribution in [0.3, 0.4) is 0 Å². The molecule has 0 aliphatic carbocycles. The van der Waals surface area contributed by atoms with Gasteiger partial charge in [-0.3, -0.25) is 4.55 Å². The van der Waals surface area contributed by atoms with E-state index in [2.05, 4.69) is 15.4 Å². The Morgan fingerprint density at radius 2 is 1.93 bits per heavy atom. The largest absolute Gasteiger partial charge is 0.344 e. The van der Waals surface area contributed by atoms with Crippen molar-refractivity contribution in [2.75, 3.05) is 0 Å². The molecule has 0 aliphatic rings. The molecule has 0 saturated carbocycles. The van der Waals surface area contributed by atoms with Crippen molar-refractivity contribution in [2.45, 2.75) is 4.90 Å². The smallest absolute Gasteiger partial charge is 0.296 e. The van der Waals surface area contributed by atoms with E-state index in [0.29, 0.717) is 5.52 Å². The fourth-order valence-corrected chi connectivity index (χ4v) is 1.70. The van der Waals surface area contributed by atoms with Gasteiger partial charge in [0.05, 0.1) is 0 Å². The SMILES string of the molecule is N.O=S(=O)(O)c1cccc2n[nH]nc12.[Ag]. The minimum atomic E-state index is -4.22. The average Bonchev–Trinajstić information content (AvgIpc) is 2.48. The second-order valence-corrected chi connectivity index (χ2v) is 3.81. The van der Waals surface area contributed by atoms with E-state index in [4.69, 9.17) is 4.55 Å². The number of fused-ring (bicyclic) bond motifs is 1. The summed E-state index contributed by atoms with van der Waals surface area (Å²) in [6.45, 7) is 0. The zero-order valence-corrected chi connectivity index (χ0v) is 9.61. The van der Waals surface area contributed by atoms with E-state index >= 15 is 0 Å². The summed E-state index contributed by atoms with van der Waals surface area (Å²) in [5, 5.41) is 9.57. The van der Waals surface area contributed by atoms with Crippen LogP contribution in [-0.2, 0) is 32.5 Å². The van der Waals surface area contributed by atoms with E-state index in [1.807, 2.05) is 0 Å². The molecule has 5 N–H and O–H groups in total. The third kappa shape index (κ3) is 2.62. The van der Waals surface area contributed by atoms with Crippen LogP contribution in [0.15, 0.2) is 23.1 Å². The zero-order valence-electron chi connectivity index (χ0n) is 7.31. The molecule has 0 spiro atoms. The van der Waals surface area contributed by atoms with E-state index in [0.717, 1.165) is 0 Å². The number of aromatic nitrogens is 3. The first-order chi connectivity index (χ1) is 6.09. The molecule has 1 aromatic heterocycles. The fraction of sp³-hybridized carbons (Fsp3) is 0. The standard InChI is InChI=1S/C6H5N3O3S.Ag.H3N/c10-13(11,12)5-3-1-2-4-6(5)8-9-7-4;;/h1-3H,(H,7,8,9)(H,10,11,12);;1H3. The van der Waals surface area contributed by atoms with Gasteiger partial charge in [0.1, 0.15) is 15.9 Å². The summed E-state index contributed by atoms with van der Waals surface area (Å²) in [5.41, 5.74) is 0.542. The predicted molar refractivity (Wildman–Crippen MR) is 48.7 cm³/mol. The second kappa shape index (κ2) is 4.84. The van der Waals surface area contributed by atoms with Crippen LogP contribution in [-0.4, -0.2) is 28.4 Å². The van der Waals surface area contributed by atoms with Gasteiger partial charge in [0.15, 0.2) is 0 Å². The molecule has 0 fully saturated rings. The molecule has 87 valence electrons. The molecule has 0 amide bonds. The Balaban J connectivity index is 0.000000980. The van der Waals surface area contributed by atoms with Gasteiger partial charge >= 0.3 is 0 Å². The maximum atomic E-state index is 10.8. The number of nitrogens with zero attached hydrogens (tertiary/aromatic N) is 2. The summed E-state index contributed by atoms with van der Waals surface area (Å²) in [7, 11) is -4.22. The van der Waals surface area contributed by atoms with E-state index in [1.165, 1.54) is 12.1 Å². The molecule has 2 rings (SSSR count). The molecule has 1 aromatic carbocycles. The Labute approximate surface area is 101 Å². The molecule has 0 saturated heterocycles. The number of hydrogen-bond donors (Lipinski definition) is 3. The van der Waals surface area contributed by atoms with Crippen molar-refractivity contribution in [3.63, 3.8) is 0 Å². The van der Waals surface area contributed by atoms with Crippen LogP contribution in [0, 0.1) is 0 Å². The van der Waals surface area contributed by atoms with E-state index in [9.17, 15) is 8.42 Å². The number of rotatable bonds is 1. The van der Waals surface area contributed by atoms with Crippen LogP contribution in [0.2, 0.25) is 0 Å². The van der Waals surface area contributed by atoms with Gasteiger partial charge in [0.2, 0.25) is 0 Å². The van der Waals surface area contributed by atoms with Crippen molar-refractivity contribution in [3.05, 3.63) is 18.2 Å². The maximum Gasteiger partial charge on any atom is 0.296 e. The van der Waals surface area contributed by atoms with Crippen LogP contribution in [0.5, 0.6) is 0 Å². The number of H-pyrrole nitrogens is 1. The third-order valence-corrected chi connectivity index (χ3v) is 2.47. The molecule has 2 aromatic rings. The number of aromatic amines is 1. The Kier molecular flexibility index (Phi) is 4.59. The van der Waals surface area contributed by atoms with Crippen molar-refractivity contribution >= 4 is 21.2 Å². The summed E-state index contributed by atoms with van der Waals surface area (Å²) in [5.74, 6) is 0. The summed E-state index contributed by atoms with van der Waals surface area (Å²) in [6.07, 6.45) is 0. The van der Waals surface area contributed by atoms with Gasteiger partial charge in [-0.15, -0.1) is 0 Å². The normalized spacial score (nSPS) is 10.5. The van der Waals surface area contributed by atoms with E-state index in [-0.39, 0.29) is 38.9 Å².